The number of nitrogens with two attached hydrogens (primary N) is 1. The smallest absolute Gasteiger partial charge is 0.252 e. The Morgan fingerprint density at radius 2 is 2.22 bits per heavy atom. The topological polar surface area (TPSA) is 55.1 Å². The molecule has 3 nitrogen and oxygen atoms in total. The highest BCUT2D eigenvalue weighted by atomic mass is 35.5. The van der Waals surface area contributed by atoms with Gasteiger partial charge in [-0.2, -0.15) is 11.8 Å². The van der Waals surface area contributed by atoms with Gasteiger partial charge in [0, 0.05) is 23.7 Å². The van der Waals surface area contributed by atoms with Crippen molar-refractivity contribution >= 4 is 46.6 Å². The standard InChI is InChI=1S/C12H14Cl2N2OS/c1-2-4-18-5-3-16-12(17)9-6-8(15)7-10(13)11(9)14/h2,6-7H,1,3-5,15H2,(H,16,17). The Hall–Kier alpha value is -0.840. The molecule has 1 aromatic rings. The van der Waals surface area contributed by atoms with Crippen molar-refractivity contribution < 1.29 is 4.79 Å². The number of benzene rings is 1. The lowest BCUT2D eigenvalue weighted by Crippen LogP contribution is -2.26. The highest BCUT2D eigenvalue weighted by Gasteiger charge is 2.13. The van der Waals surface area contributed by atoms with Gasteiger partial charge in [-0.3, -0.25) is 4.79 Å². The van der Waals surface area contributed by atoms with Crippen molar-refractivity contribution in [1.29, 1.82) is 0 Å². The Bertz CT molecular complexity index is 452. The Balaban J connectivity index is 2.59. The Morgan fingerprint density at radius 1 is 1.50 bits per heavy atom. The van der Waals surface area contributed by atoms with Crippen LogP contribution in [-0.2, 0) is 0 Å². The fourth-order valence-electron chi connectivity index (χ4n) is 1.27. The first-order chi connectivity index (χ1) is 8.56. The van der Waals surface area contributed by atoms with Crippen molar-refractivity contribution in [3.8, 4) is 0 Å². The SMILES string of the molecule is C=CCSCCNC(=O)c1cc(N)cc(Cl)c1Cl. The van der Waals surface area contributed by atoms with Crippen LogP contribution in [-0.4, -0.2) is 24.0 Å². The van der Waals surface area contributed by atoms with Crippen molar-refractivity contribution in [1.82, 2.24) is 5.32 Å². The average molecular weight is 305 g/mol. The van der Waals surface area contributed by atoms with Crippen LogP contribution in [0.4, 0.5) is 5.69 Å². The lowest BCUT2D eigenvalue weighted by atomic mass is 10.2. The van der Waals surface area contributed by atoms with Crippen LogP contribution >= 0.6 is 35.0 Å². The largest absolute Gasteiger partial charge is 0.399 e. The van der Waals surface area contributed by atoms with Gasteiger partial charge in [-0.05, 0) is 12.1 Å². The third-order valence-electron chi connectivity index (χ3n) is 2.06. The molecule has 0 aliphatic rings. The highest BCUT2D eigenvalue weighted by Crippen LogP contribution is 2.28. The fraction of sp³-hybridized carbons (Fsp3) is 0.250. The molecular formula is C12H14Cl2N2OS. The summed E-state index contributed by atoms with van der Waals surface area (Å²) in [5.74, 6) is 1.40. The van der Waals surface area contributed by atoms with Crippen LogP contribution in [0, 0.1) is 0 Å². The van der Waals surface area contributed by atoms with Gasteiger partial charge in [-0.15, -0.1) is 6.58 Å². The Kier molecular flexibility index (Phi) is 6.39. The molecule has 0 saturated heterocycles. The maximum atomic E-state index is 11.9. The summed E-state index contributed by atoms with van der Waals surface area (Å²) in [5, 5.41) is 3.27. The molecule has 0 heterocycles. The predicted octanol–water partition coefficient (Wildman–Crippen LogP) is 3.22. The number of anilines is 1. The van der Waals surface area contributed by atoms with Crippen molar-refractivity contribution in [2.75, 3.05) is 23.8 Å². The zero-order valence-corrected chi connectivity index (χ0v) is 12.0. The van der Waals surface area contributed by atoms with E-state index < -0.39 is 0 Å². The molecule has 0 atom stereocenters. The molecule has 0 saturated carbocycles. The molecule has 0 bridgehead atoms. The van der Waals surface area contributed by atoms with Gasteiger partial charge in [0.25, 0.3) is 5.91 Å². The first-order valence-corrected chi connectivity index (χ1v) is 7.18. The minimum absolute atomic E-state index is 0.224. The summed E-state index contributed by atoms with van der Waals surface area (Å²) in [7, 11) is 0. The average Bonchev–Trinajstić information content (AvgIpc) is 2.33. The van der Waals surface area contributed by atoms with Crippen LogP contribution in [0.5, 0.6) is 0 Å². The number of hydrogen-bond acceptors (Lipinski definition) is 3. The normalized spacial score (nSPS) is 10.1. The summed E-state index contributed by atoms with van der Waals surface area (Å²) in [5.41, 5.74) is 6.34. The van der Waals surface area contributed by atoms with E-state index in [9.17, 15) is 4.79 Å². The molecule has 0 unspecified atom stereocenters. The fourth-order valence-corrected chi connectivity index (χ4v) is 2.28. The van der Waals surface area contributed by atoms with E-state index in [1.54, 1.807) is 11.8 Å². The highest BCUT2D eigenvalue weighted by molar-refractivity contribution is 7.99. The molecule has 0 radical (unpaired) electrons. The lowest BCUT2D eigenvalue weighted by Gasteiger charge is -2.08. The summed E-state index contributed by atoms with van der Waals surface area (Å²) in [4.78, 5) is 11.9. The molecule has 6 heteroatoms. The van der Waals surface area contributed by atoms with Crippen molar-refractivity contribution in [3.05, 3.63) is 40.4 Å². The van der Waals surface area contributed by atoms with Gasteiger partial charge in [0.05, 0.1) is 15.6 Å². The summed E-state index contributed by atoms with van der Waals surface area (Å²) < 4.78 is 0. The molecule has 0 spiro atoms. The van der Waals surface area contributed by atoms with E-state index in [0.717, 1.165) is 11.5 Å². The number of carbonyl (C=O) groups is 1. The number of hydrogen-bond donors (Lipinski definition) is 2. The van der Waals surface area contributed by atoms with Crippen LogP contribution in [0.25, 0.3) is 0 Å². The number of carbonyl (C=O) groups excluding carboxylic acids is 1. The third-order valence-corrected chi connectivity index (χ3v) is 3.83. The first kappa shape index (κ1) is 15.2. The van der Waals surface area contributed by atoms with Gasteiger partial charge >= 0.3 is 0 Å². The zero-order valence-electron chi connectivity index (χ0n) is 9.71. The molecule has 98 valence electrons. The number of thioether (sulfide) groups is 1. The summed E-state index contributed by atoms with van der Waals surface area (Å²) >= 11 is 13.5. The van der Waals surface area contributed by atoms with Crippen LogP contribution in [0.3, 0.4) is 0 Å². The number of nitrogens with one attached hydrogen (secondary N) is 1. The number of amides is 1. The first-order valence-electron chi connectivity index (χ1n) is 5.27. The van der Waals surface area contributed by atoms with Gasteiger partial charge in [0.15, 0.2) is 0 Å². The van der Waals surface area contributed by atoms with Gasteiger partial charge in [0.1, 0.15) is 0 Å². The van der Waals surface area contributed by atoms with E-state index in [2.05, 4.69) is 11.9 Å². The molecule has 0 aromatic heterocycles. The van der Waals surface area contributed by atoms with Crippen LogP contribution in [0.1, 0.15) is 10.4 Å². The van der Waals surface area contributed by atoms with Gasteiger partial charge in [-0.1, -0.05) is 29.3 Å². The molecule has 0 aliphatic heterocycles. The van der Waals surface area contributed by atoms with Crippen molar-refractivity contribution in [2.45, 2.75) is 0 Å². The summed E-state index contributed by atoms with van der Waals surface area (Å²) in [6.07, 6.45) is 1.82. The minimum atomic E-state index is -0.270. The second-order valence-electron chi connectivity index (χ2n) is 3.48. The summed E-state index contributed by atoms with van der Waals surface area (Å²) in [6, 6.07) is 3.03. The number of nitrogen functional groups attached to an aromatic ring is 1. The van der Waals surface area contributed by atoms with Gasteiger partial charge in [-0.25, -0.2) is 0 Å². The molecular weight excluding hydrogens is 291 g/mol. The zero-order chi connectivity index (χ0) is 13.5. The van der Waals surface area contributed by atoms with E-state index in [0.29, 0.717) is 17.8 Å². The molecule has 1 aromatic carbocycles. The van der Waals surface area contributed by atoms with Crippen LogP contribution in [0.15, 0.2) is 24.8 Å². The monoisotopic (exact) mass is 304 g/mol. The van der Waals surface area contributed by atoms with E-state index in [4.69, 9.17) is 28.9 Å². The lowest BCUT2D eigenvalue weighted by molar-refractivity contribution is 0.0956. The second kappa shape index (κ2) is 7.56. The maximum Gasteiger partial charge on any atom is 0.252 e. The van der Waals surface area contributed by atoms with Crippen LogP contribution in [0.2, 0.25) is 10.0 Å². The predicted molar refractivity (Wildman–Crippen MR) is 80.7 cm³/mol. The van der Waals surface area contributed by atoms with Gasteiger partial charge in [0.2, 0.25) is 0 Å². The van der Waals surface area contributed by atoms with E-state index in [-0.39, 0.29) is 16.0 Å². The Morgan fingerprint density at radius 3 is 2.89 bits per heavy atom. The second-order valence-corrected chi connectivity index (χ2v) is 5.42. The molecule has 0 aliphatic carbocycles. The molecule has 1 rings (SSSR count). The molecule has 3 N–H and O–H groups in total. The quantitative estimate of drug-likeness (QED) is 0.482. The van der Waals surface area contributed by atoms with Crippen molar-refractivity contribution in [2.24, 2.45) is 0 Å². The molecule has 18 heavy (non-hydrogen) atoms. The molecule has 1 amide bonds. The minimum Gasteiger partial charge on any atom is -0.399 e. The number of rotatable bonds is 6. The third kappa shape index (κ3) is 4.44. The Labute approximate surface area is 121 Å². The van der Waals surface area contributed by atoms with E-state index >= 15 is 0 Å². The summed E-state index contributed by atoms with van der Waals surface area (Å²) in [6.45, 7) is 4.17. The van der Waals surface area contributed by atoms with Crippen molar-refractivity contribution in [3.63, 3.8) is 0 Å². The van der Waals surface area contributed by atoms with Crippen LogP contribution < -0.4 is 11.1 Å². The van der Waals surface area contributed by atoms with E-state index in [1.807, 2.05) is 6.08 Å². The number of halogens is 2. The van der Waals surface area contributed by atoms with Gasteiger partial charge < -0.3 is 11.1 Å². The van der Waals surface area contributed by atoms with E-state index in [1.165, 1.54) is 12.1 Å². The maximum absolute atomic E-state index is 11.9. The molecule has 0 fully saturated rings.